The van der Waals surface area contributed by atoms with Crippen LogP contribution in [-0.2, 0) is 24.8 Å². The highest BCUT2D eigenvalue weighted by Gasteiger charge is 2.07. The summed E-state index contributed by atoms with van der Waals surface area (Å²) in [5.74, 6) is -0.00480. The fraction of sp³-hybridized carbons (Fsp3) is 0.308. The van der Waals surface area contributed by atoms with E-state index < -0.39 is 0 Å². The molecule has 94 valence electrons. The van der Waals surface area contributed by atoms with Crippen molar-refractivity contribution >= 4 is 5.91 Å². The number of carbonyl (C=O) groups excluding carboxylic acids is 1. The highest BCUT2D eigenvalue weighted by molar-refractivity contribution is 5.78. The van der Waals surface area contributed by atoms with Gasteiger partial charge in [0.15, 0.2) is 0 Å². The Hall–Kier alpha value is -2.17. The number of aryl methyl sites for hydroxylation is 2. The molecule has 0 aromatic carbocycles. The topological polar surface area (TPSA) is 59.8 Å². The smallest absolute Gasteiger partial charge is 0.226 e. The Labute approximate surface area is 106 Å². The van der Waals surface area contributed by atoms with E-state index in [4.69, 9.17) is 0 Å². The third-order valence-electron chi connectivity index (χ3n) is 2.68. The first-order chi connectivity index (χ1) is 8.65. The zero-order valence-corrected chi connectivity index (χ0v) is 10.6. The van der Waals surface area contributed by atoms with Crippen LogP contribution in [0.15, 0.2) is 30.6 Å². The molecule has 5 heteroatoms. The van der Waals surface area contributed by atoms with Gasteiger partial charge in [-0.15, -0.1) is 0 Å². The molecule has 2 aromatic rings. The number of rotatable bonds is 4. The first-order valence-electron chi connectivity index (χ1n) is 5.80. The summed E-state index contributed by atoms with van der Waals surface area (Å²) in [6.07, 6.45) is 3.78. The summed E-state index contributed by atoms with van der Waals surface area (Å²) in [6, 6.07) is 5.69. The van der Waals surface area contributed by atoms with Crippen molar-refractivity contribution in [3.05, 3.63) is 47.5 Å². The molecule has 0 atom stereocenters. The number of hydrogen-bond donors (Lipinski definition) is 1. The van der Waals surface area contributed by atoms with E-state index in [-0.39, 0.29) is 5.91 Å². The van der Waals surface area contributed by atoms with Gasteiger partial charge >= 0.3 is 0 Å². The lowest BCUT2D eigenvalue weighted by molar-refractivity contribution is -0.120. The van der Waals surface area contributed by atoms with Gasteiger partial charge in [0, 0.05) is 31.7 Å². The Kier molecular flexibility index (Phi) is 3.72. The first kappa shape index (κ1) is 12.3. The van der Waals surface area contributed by atoms with Crippen molar-refractivity contribution in [2.45, 2.75) is 19.9 Å². The number of amides is 1. The molecule has 1 amide bonds. The number of hydrogen-bond acceptors (Lipinski definition) is 3. The van der Waals surface area contributed by atoms with Crippen LogP contribution in [0.5, 0.6) is 0 Å². The quantitative estimate of drug-likeness (QED) is 0.872. The molecular formula is C13H16N4O. The standard InChI is InChI=1S/C13H16N4O/c1-10-7-12(17(2)16-10)8-13(18)15-9-11-3-5-14-6-4-11/h3-7H,8-9H2,1-2H3,(H,15,18). The Balaban J connectivity index is 1.88. The Morgan fingerprint density at radius 3 is 2.72 bits per heavy atom. The summed E-state index contributed by atoms with van der Waals surface area (Å²) in [6.45, 7) is 2.44. The molecule has 2 rings (SSSR count). The zero-order chi connectivity index (χ0) is 13.0. The number of aromatic nitrogens is 3. The van der Waals surface area contributed by atoms with Gasteiger partial charge in [0.05, 0.1) is 12.1 Å². The van der Waals surface area contributed by atoms with Gasteiger partial charge in [-0.25, -0.2) is 0 Å². The third-order valence-corrected chi connectivity index (χ3v) is 2.68. The van der Waals surface area contributed by atoms with E-state index in [2.05, 4.69) is 15.4 Å². The molecule has 5 nitrogen and oxygen atoms in total. The fourth-order valence-electron chi connectivity index (χ4n) is 1.76. The predicted octanol–water partition coefficient (Wildman–Crippen LogP) is 0.982. The summed E-state index contributed by atoms with van der Waals surface area (Å²) in [5, 5.41) is 7.09. The average Bonchev–Trinajstić information content (AvgIpc) is 2.67. The third kappa shape index (κ3) is 3.16. The molecule has 0 unspecified atom stereocenters. The molecule has 0 fully saturated rings. The Bertz CT molecular complexity index is 533. The van der Waals surface area contributed by atoms with Crippen molar-refractivity contribution in [1.82, 2.24) is 20.1 Å². The molecule has 0 aliphatic carbocycles. The summed E-state index contributed by atoms with van der Waals surface area (Å²) >= 11 is 0. The van der Waals surface area contributed by atoms with Crippen LogP contribution in [0, 0.1) is 6.92 Å². The fourth-order valence-corrected chi connectivity index (χ4v) is 1.76. The minimum Gasteiger partial charge on any atom is -0.352 e. The van der Waals surface area contributed by atoms with Crippen molar-refractivity contribution < 1.29 is 4.79 Å². The van der Waals surface area contributed by atoms with Gasteiger partial charge in [0.1, 0.15) is 0 Å². The minimum absolute atomic E-state index is 0.00480. The van der Waals surface area contributed by atoms with Gasteiger partial charge in [-0.3, -0.25) is 14.5 Å². The molecule has 0 aliphatic heterocycles. The molecular weight excluding hydrogens is 228 g/mol. The van der Waals surface area contributed by atoms with E-state index >= 15 is 0 Å². The maximum absolute atomic E-state index is 11.8. The lowest BCUT2D eigenvalue weighted by Crippen LogP contribution is -2.25. The van der Waals surface area contributed by atoms with E-state index in [9.17, 15) is 4.79 Å². The molecule has 0 saturated carbocycles. The van der Waals surface area contributed by atoms with E-state index in [1.54, 1.807) is 17.1 Å². The summed E-state index contributed by atoms with van der Waals surface area (Å²) < 4.78 is 1.74. The van der Waals surface area contributed by atoms with Crippen LogP contribution < -0.4 is 5.32 Å². The van der Waals surface area contributed by atoms with Gasteiger partial charge in [-0.2, -0.15) is 5.10 Å². The zero-order valence-electron chi connectivity index (χ0n) is 10.6. The maximum Gasteiger partial charge on any atom is 0.226 e. The second-order valence-corrected chi connectivity index (χ2v) is 4.21. The van der Waals surface area contributed by atoms with E-state index in [1.165, 1.54) is 0 Å². The van der Waals surface area contributed by atoms with Crippen LogP contribution in [0.2, 0.25) is 0 Å². The van der Waals surface area contributed by atoms with E-state index in [1.807, 2.05) is 32.2 Å². The van der Waals surface area contributed by atoms with Gasteiger partial charge < -0.3 is 5.32 Å². The predicted molar refractivity (Wildman–Crippen MR) is 67.7 cm³/mol. The second kappa shape index (κ2) is 5.44. The van der Waals surface area contributed by atoms with Crippen LogP contribution >= 0.6 is 0 Å². The largest absolute Gasteiger partial charge is 0.352 e. The van der Waals surface area contributed by atoms with Crippen molar-refractivity contribution in [3.8, 4) is 0 Å². The minimum atomic E-state index is -0.00480. The molecule has 0 aliphatic rings. The maximum atomic E-state index is 11.8. The molecule has 0 spiro atoms. The van der Waals surface area contributed by atoms with Crippen LogP contribution in [0.4, 0.5) is 0 Å². The van der Waals surface area contributed by atoms with E-state index in [0.29, 0.717) is 13.0 Å². The molecule has 2 aromatic heterocycles. The van der Waals surface area contributed by atoms with Crippen molar-refractivity contribution in [2.24, 2.45) is 7.05 Å². The lowest BCUT2D eigenvalue weighted by atomic mass is 10.2. The monoisotopic (exact) mass is 244 g/mol. The molecule has 2 heterocycles. The van der Waals surface area contributed by atoms with Crippen molar-refractivity contribution in [2.75, 3.05) is 0 Å². The summed E-state index contributed by atoms with van der Waals surface area (Å²) in [7, 11) is 1.85. The lowest BCUT2D eigenvalue weighted by Gasteiger charge is -2.05. The van der Waals surface area contributed by atoms with Crippen molar-refractivity contribution in [3.63, 3.8) is 0 Å². The Morgan fingerprint density at radius 1 is 1.39 bits per heavy atom. The normalized spacial score (nSPS) is 10.3. The first-order valence-corrected chi connectivity index (χ1v) is 5.80. The summed E-state index contributed by atoms with van der Waals surface area (Å²) in [5.41, 5.74) is 2.88. The highest BCUT2D eigenvalue weighted by Crippen LogP contribution is 2.03. The van der Waals surface area contributed by atoms with E-state index in [0.717, 1.165) is 17.0 Å². The molecule has 0 radical (unpaired) electrons. The second-order valence-electron chi connectivity index (χ2n) is 4.21. The summed E-state index contributed by atoms with van der Waals surface area (Å²) in [4.78, 5) is 15.7. The molecule has 0 bridgehead atoms. The number of pyridine rings is 1. The van der Waals surface area contributed by atoms with Gasteiger partial charge in [-0.05, 0) is 30.7 Å². The van der Waals surface area contributed by atoms with Crippen LogP contribution in [0.1, 0.15) is 17.0 Å². The molecule has 18 heavy (non-hydrogen) atoms. The number of nitrogens with zero attached hydrogens (tertiary/aromatic N) is 3. The molecule has 1 N–H and O–H groups in total. The van der Waals surface area contributed by atoms with Crippen molar-refractivity contribution in [1.29, 1.82) is 0 Å². The van der Waals surface area contributed by atoms with Gasteiger partial charge in [0.2, 0.25) is 5.91 Å². The highest BCUT2D eigenvalue weighted by atomic mass is 16.1. The van der Waals surface area contributed by atoms with Crippen LogP contribution in [0.25, 0.3) is 0 Å². The Morgan fingerprint density at radius 2 is 2.11 bits per heavy atom. The van der Waals surface area contributed by atoms with Gasteiger partial charge in [-0.1, -0.05) is 0 Å². The van der Waals surface area contributed by atoms with Crippen LogP contribution in [0.3, 0.4) is 0 Å². The molecule has 0 saturated heterocycles. The SMILES string of the molecule is Cc1cc(CC(=O)NCc2ccncc2)n(C)n1. The number of nitrogens with one attached hydrogen (secondary N) is 1. The van der Waals surface area contributed by atoms with Crippen LogP contribution in [-0.4, -0.2) is 20.7 Å². The number of carbonyl (C=O) groups is 1. The van der Waals surface area contributed by atoms with Gasteiger partial charge in [0.25, 0.3) is 0 Å². The average molecular weight is 244 g/mol.